The van der Waals surface area contributed by atoms with E-state index in [2.05, 4.69) is 10.3 Å². The van der Waals surface area contributed by atoms with Gasteiger partial charge in [0.2, 0.25) is 0 Å². The van der Waals surface area contributed by atoms with Crippen molar-refractivity contribution >= 4 is 25.0 Å². The molecule has 2 aromatic rings. The topological polar surface area (TPSA) is 57.0 Å². The Morgan fingerprint density at radius 2 is 2.17 bits per heavy atom. The van der Waals surface area contributed by atoms with Crippen molar-refractivity contribution in [3.63, 3.8) is 0 Å². The molecule has 1 aromatic carbocycles. The first-order valence-electron chi connectivity index (χ1n) is 5.69. The van der Waals surface area contributed by atoms with Gasteiger partial charge >= 0.3 is 6.09 Å². The van der Waals surface area contributed by atoms with Gasteiger partial charge in [-0.05, 0) is 32.4 Å². The largest absolute Gasteiger partial charge is 0.442 e. The monoisotopic (exact) mass is 243 g/mol. The lowest BCUT2D eigenvalue weighted by molar-refractivity contribution is 0.0519. The summed E-state index contributed by atoms with van der Waals surface area (Å²) >= 11 is 0. The standard InChI is InChI=1S/C12H14BN3O2/c1-12(2,3)18-11(17)16-9-6-4-5-8(7-13)10(9)14-15-16/h4-6H,7H2,1-3H3. The fourth-order valence-electron chi connectivity index (χ4n) is 1.61. The predicted octanol–water partition coefficient (Wildman–Crippen LogP) is 1.88. The number of aromatic nitrogens is 3. The normalized spacial score (nSPS) is 11.7. The molecule has 0 saturated carbocycles. The van der Waals surface area contributed by atoms with Gasteiger partial charge in [0.15, 0.2) is 0 Å². The molecule has 0 aliphatic rings. The van der Waals surface area contributed by atoms with Crippen LogP contribution in [-0.2, 0) is 11.1 Å². The molecule has 1 heterocycles. The molecule has 0 N–H and O–H groups in total. The van der Waals surface area contributed by atoms with E-state index in [0.29, 0.717) is 17.4 Å². The summed E-state index contributed by atoms with van der Waals surface area (Å²) in [5.74, 6) is 0. The van der Waals surface area contributed by atoms with Gasteiger partial charge in [0, 0.05) is 0 Å². The Bertz CT molecular complexity index is 587. The molecular weight excluding hydrogens is 229 g/mol. The van der Waals surface area contributed by atoms with Crippen molar-refractivity contribution in [2.24, 2.45) is 0 Å². The van der Waals surface area contributed by atoms with Gasteiger partial charge in [0.05, 0.1) is 7.85 Å². The number of carbonyl (C=O) groups is 1. The number of rotatable bonds is 1. The fourth-order valence-corrected chi connectivity index (χ4v) is 1.61. The summed E-state index contributed by atoms with van der Waals surface area (Å²) in [5.41, 5.74) is 1.52. The van der Waals surface area contributed by atoms with Crippen LogP contribution in [0.5, 0.6) is 0 Å². The van der Waals surface area contributed by atoms with Crippen LogP contribution in [0.15, 0.2) is 18.2 Å². The molecule has 92 valence electrons. The van der Waals surface area contributed by atoms with Gasteiger partial charge in [-0.15, -0.1) is 9.78 Å². The van der Waals surface area contributed by atoms with Crippen LogP contribution in [-0.4, -0.2) is 34.5 Å². The van der Waals surface area contributed by atoms with Crippen LogP contribution < -0.4 is 0 Å². The molecule has 0 saturated heterocycles. The molecule has 0 aliphatic heterocycles. The number of ether oxygens (including phenoxy) is 1. The Balaban J connectivity index is 2.44. The highest BCUT2D eigenvalue weighted by molar-refractivity contribution is 6.09. The molecule has 2 radical (unpaired) electrons. The Labute approximate surface area is 107 Å². The molecule has 0 amide bonds. The Morgan fingerprint density at radius 3 is 2.78 bits per heavy atom. The van der Waals surface area contributed by atoms with E-state index >= 15 is 0 Å². The van der Waals surface area contributed by atoms with E-state index in [1.54, 1.807) is 26.8 Å². The molecule has 0 atom stereocenters. The summed E-state index contributed by atoms with van der Waals surface area (Å²) in [6.07, 6.45) is -0.191. The van der Waals surface area contributed by atoms with Crippen LogP contribution in [0.2, 0.25) is 0 Å². The Kier molecular flexibility index (Phi) is 3.11. The van der Waals surface area contributed by atoms with Crippen LogP contribution in [0.3, 0.4) is 0 Å². The minimum Gasteiger partial charge on any atom is -0.442 e. The average Bonchev–Trinajstić information content (AvgIpc) is 2.69. The maximum atomic E-state index is 11.9. The third-order valence-corrected chi connectivity index (χ3v) is 2.35. The van der Waals surface area contributed by atoms with E-state index in [9.17, 15) is 4.79 Å². The van der Waals surface area contributed by atoms with Gasteiger partial charge in [0.25, 0.3) is 0 Å². The smallest absolute Gasteiger partial charge is 0.437 e. The van der Waals surface area contributed by atoms with E-state index in [1.807, 2.05) is 12.1 Å². The van der Waals surface area contributed by atoms with Crippen molar-refractivity contribution in [3.8, 4) is 0 Å². The van der Waals surface area contributed by atoms with Gasteiger partial charge < -0.3 is 4.74 Å². The lowest BCUT2D eigenvalue weighted by atomic mass is 9.96. The van der Waals surface area contributed by atoms with Crippen molar-refractivity contribution in [2.45, 2.75) is 32.7 Å². The van der Waals surface area contributed by atoms with E-state index in [1.165, 1.54) is 0 Å². The lowest BCUT2D eigenvalue weighted by Gasteiger charge is -2.18. The summed E-state index contributed by atoms with van der Waals surface area (Å²) in [5, 5.41) is 7.80. The van der Waals surface area contributed by atoms with Gasteiger partial charge in [0.1, 0.15) is 16.6 Å². The summed E-state index contributed by atoms with van der Waals surface area (Å²) in [6, 6.07) is 5.43. The summed E-state index contributed by atoms with van der Waals surface area (Å²) in [7, 11) is 5.61. The van der Waals surface area contributed by atoms with Gasteiger partial charge in [-0.1, -0.05) is 23.7 Å². The minimum atomic E-state index is -0.569. The van der Waals surface area contributed by atoms with E-state index in [4.69, 9.17) is 12.6 Å². The van der Waals surface area contributed by atoms with Gasteiger partial charge in [-0.2, -0.15) is 0 Å². The molecule has 18 heavy (non-hydrogen) atoms. The maximum absolute atomic E-state index is 11.9. The second kappa shape index (κ2) is 4.44. The second-order valence-electron chi connectivity index (χ2n) is 4.97. The number of carbonyl (C=O) groups excluding carboxylic acids is 1. The number of benzene rings is 1. The Morgan fingerprint density at radius 1 is 1.44 bits per heavy atom. The number of nitrogens with zero attached hydrogens (tertiary/aromatic N) is 3. The highest BCUT2D eigenvalue weighted by atomic mass is 16.6. The second-order valence-corrected chi connectivity index (χ2v) is 4.97. The third-order valence-electron chi connectivity index (χ3n) is 2.35. The highest BCUT2D eigenvalue weighted by Crippen LogP contribution is 2.17. The molecule has 5 nitrogen and oxygen atoms in total. The molecule has 6 heteroatoms. The van der Waals surface area contributed by atoms with Crippen LogP contribution >= 0.6 is 0 Å². The molecule has 2 rings (SSSR count). The fraction of sp³-hybridized carbons (Fsp3) is 0.417. The third kappa shape index (κ3) is 2.37. The highest BCUT2D eigenvalue weighted by Gasteiger charge is 2.21. The van der Waals surface area contributed by atoms with Crippen LogP contribution in [0.4, 0.5) is 4.79 Å². The van der Waals surface area contributed by atoms with E-state index < -0.39 is 11.7 Å². The van der Waals surface area contributed by atoms with Gasteiger partial charge in [-0.3, -0.25) is 0 Å². The number of fused-ring (bicyclic) bond motifs is 1. The summed E-state index contributed by atoms with van der Waals surface area (Å²) in [6.45, 7) is 5.40. The lowest BCUT2D eigenvalue weighted by Crippen LogP contribution is -2.27. The first-order chi connectivity index (χ1) is 8.42. The first kappa shape index (κ1) is 12.6. The molecule has 0 bridgehead atoms. The first-order valence-corrected chi connectivity index (χ1v) is 5.69. The summed E-state index contributed by atoms with van der Waals surface area (Å²) in [4.78, 5) is 11.9. The molecular formula is C12H14BN3O2. The van der Waals surface area contributed by atoms with Crippen molar-refractivity contribution < 1.29 is 9.53 Å². The molecule has 0 unspecified atom stereocenters. The molecule has 0 spiro atoms. The SMILES string of the molecule is [B]Cc1cccc2c1nnn2C(=O)OC(C)(C)C. The number of hydrogen-bond acceptors (Lipinski definition) is 4. The molecule has 0 aliphatic carbocycles. The summed E-state index contributed by atoms with van der Waals surface area (Å²) < 4.78 is 6.41. The van der Waals surface area contributed by atoms with E-state index in [-0.39, 0.29) is 0 Å². The quantitative estimate of drug-likeness (QED) is 0.717. The Hall–Kier alpha value is -1.85. The van der Waals surface area contributed by atoms with Crippen molar-refractivity contribution in [1.82, 2.24) is 15.0 Å². The molecule has 1 aromatic heterocycles. The zero-order valence-corrected chi connectivity index (χ0v) is 10.7. The maximum Gasteiger partial charge on any atom is 0.437 e. The average molecular weight is 243 g/mol. The zero-order chi connectivity index (χ0) is 13.3. The van der Waals surface area contributed by atoms with Crippen molar-refractivity contribution in [2.75, 3.05) is 0 Å². The molecule has 0 fully saturated rings. The van der Waals surface area contributed by atoms with E-state index in [0.717, 1.165) is 10.2 Å². The number of hydrogen-bond donors (Lipinski definition) is 0. The van der Waals surface area contributed by atoms with Gasteiger partial charge in [-0.25, -0.2) is 4.79 Å². The minimum absolute atomic E-state index is 0.352. The van der Waals surface area contributed by atoms with Crippen molar-refractivity contribution in [3.05, 3.63) is 23.8 Å². The van der Waals surface area contributed by atoms with Crippen LogP contribution in [0.25, 0.3) is 11.0 Å². The van der Waals surface area contributed by atoms with Crippen LogP contribution in [0.1, 0.15) is 26.3 Å². The zero-order valence-electron chi connectivity index (χ0n) is 10.7. The predicted molar refractivity (Wildman–Crippen MR) is 68.6 cm³/mol. The van der Waals surface area contributed by atoms with Crippen molar-refractivity contribution in [1.29, 1.82) is 0 Å². The van der Waals surface area contributed by atoms with Crippen LogP contribution in [0, 0.1) is 0 Å².